The number of carbonyl (C=O) groups excluding carboxylic acids is 2. The second-order valence-corrected chi connectivity index (χ2v) is 14.4. The van der Waals surface area contributed by atoms with Gasteiger partial charge in [0.25, 0.3) is 0 Å². The topological polar surface area (TPSA) is 72.8 Å². The number of hydrogen-bond acceptors (Lipinski definition) is 5. The Labute approximate surface area is 304 Å². The number of carbonyl (C=O) groups is 2. The Morgan fingerprint density at radius 3 is 1.22 bits per heavy atom. The number of ether oxygens (including phenoxy) is 2. The summed E-state index contributed by atoms with van der Waals surface area (Å²) >= 11 is 0. The van der Waals surface area contributed by atoms with Crippen LogP contribution >= 0.6 is 0 Å². The number of hydrogen-bond donors (Lipinski definition) is 1. The monoisotopic (exact) mass is 691 g/mol. The van der Waals surface area contributed by atoms with E-state index in [1.165, 1.54) is 148 Å². The molecule has 1 unspecified atom stereocenters. The summed E-state index contributed by atoms with van der Waals surface area (Å²) < 4.78 is 10.6. The smallest absolute Gasteiger partial charge is 0.306 e. The minimum atomic E-state index is -0.771. The lowest BCUT2D eigenvalue weighted by Gasteiger charge is -2.15. The number of aliphatic hydroxyl groups is 1. The van der Waals surface area contributed by atoms with E-state index in [2.05, 4.69) is 38.2 Å². The van der Waals surface area contributed by atoms with Gasteiger partial charge >= 0.3 is 11.9 Å². The molecule has 0 aliphatic rings. The van der Waals surface area contributed by atoms with Crippen LogP contribution < -0.4 is 0 Å². The summed E-state index contributed by atoms with van der Waals surface area (Å²) in [5, 5.41) is 9.57. The second kappa shape index (κ2) is 40.8. The Bertz CT molecular complexity index is 746. The molecule has 0 bridgehead atoms. The molecule has 5 heteroatoms. The lowest BCUT2D eigenvalue weighted by molar-refractivity contribution is -0.161. The van der Waals surface area contributed by atoms with Crippen molar-refractivity contribution >= 4 is 11.9 Å². The Hall–Kier alpha value is -1.62. The van der Waals surface area contributed by atoms with Gasteiger partial charge in [-0.15, -0.1) is 0 Å². The van der Waals surface area contributed by atoms with Gasteiger partial charge in [-0.2, -0.15) is 0 Å². The predicted octanol–water partition coefficient (Wildman–Crippen LogP) is 13.5. The Morgan fingerprint density at radius 2 is 0.816 bits per heavy atom. The Balaban J connectivity index is 3.52. The molecule has 0 aromatic carbocycles. The number of rotatable bonds is 39. The largest absolute Gasteiger partial charge is 0.462 e. The van der Waals surface area contributed by atoms with Gasteiger partial charge in [-0.3, -0.25) is 9.59 Å². The lowest BCUT2D eigenvalue weighted by atomic mass is 10.0. The highest BCUT2D eigenvalue weighted by molar-refractivity contribution is 5.70. The summed E-state index contributed by atoms with van der Waals surface area (Å²) in [6.07, 6.45) is 48.1. The first-order valence-electron chi connectivity index (χ1n) is 21.4. The molecule has 0 heterocycles. The van der Waals surface area contributed by atoms with E-state index in [0.717, 1.165) is 51.4 Å². The van der Waals surface area contributed by atoms with Crippen molar-refractivity contribution in [3.63, 3.8) is 0 Å². The van der Waals surface area contributed by atoms with Gasteiger partial charge in [0.2, 0.25) is 0 Å². The molecular formula is C44H82O5. The van der Waals surface area contributed by atoms with Crippen LogP contribution in [-0.2, 0) is 19.1 Å². The number of aliphatic hydroxyl groups excluding tert-OH is 1. The van der Waals surface area contributed by atoms with E-state index in [1.807, 2.05) is 0 Å². The molecule has 0 aliphatic carbocycles. The fourth-order valence-electron chi connectivity index (χ4n) is 6.23. The first-order chi connectivity index (χ1) is 24.1. The van der Waals surface area contributed by atoms with Crippen molar-refractivity contribution in [3.05, 3.63) is 24.3 Å². The summed E-state index contributed by atoms with van der Waals surface area (Å²) in [6.45, 7) is 4.14. The molecule has 0 saturated carbocycles. The lowest BCUT2D eigenvalue weighted by Crippen LogP contribution is -2.28. The quantitative estimate of drug-likeness (QED) is 0.0395. The minimum Gasteiger partial charge on any atom is -0.462 e. The third-order valence-electron chi connectivity index (χ3n) is 9.50. The van der Waals surface area contributed by atoms with Gasteiger partial charge in [0.1, 0.15) is 6.61 Å². The molecule has 1 N–H and O–H groups in total. The normalized spacial score (nSPS) is 12.3. The average molecular weight is 691 g/mol. The van der Waals surface area contributed by atoms with Crippen molar-refractivity contribution in [2.45, 2.75) is 232 Å². The van der Waals surface area contributed by atoms with Gasteiger partial charge in [0.05, 0.1) is 6.61 Å². The van der Waals surface area contributed by atoms with Crippen LogP contribution in [0.25, 0.3) is 0 Å². The highest BCUT2D eigenvalue weighted by atomic mass is 16.6. The van der Waals surface area contributed by atoms with Crippen LogP contribution in [0.3, 0.4) is 0 Å². The summed E-state index contributed by atoms with van der Waals surface area (Å²) in [4.78, 5) is 24.3. The molecule has 1 atom stereocenters. The summed E-state index contributed by atoms with van der Waals surface area (Å²) in [5.41, 5.74) is 0. The van der Waals surface area contributed by atoms with Crippen molar-refractivity contribution in [2.24, 2.45) is 0 Å². The SMILES string of the molecule is CCCCCC/C=C\C/C=C\CCCCCCCCCC(=O)OC(CO)COC(=O)CCCCCCCCCCCCCCCCCCC. The third-order valence-corrected chi connectivity index (χ3v) is 9.50. The van der Waals surface area contributed by atoms with Crippen molar-refractivity contribution in [2.75, 3.05) is 13.2 Å². The van der Waals surface area contributed by atoms with Crippen LogP contribution in [0.5, 0.6) is 0 Å². The molecule has 288 valence electrons. The van der Waals surface area contributed by atoms with E-state index < -0.39 is 6.10 Å². The first kappa shape index (κ1) is 47.4. The Kier molecular flexibility index (Phi) is 39.5. The zero-order valence-corrected chi connectivity index (χ0v) is 32.7. The second-order valence-electron chi connectivity index (χ2n) is 14.4. The third kappa shape index (κ3) is 39.0. The van der Waals surface area contributed by atoms with Gasteiger partial charge in [-0.1, -0.05) is 192 Å². The van der Waals surface area contributed by atoms with E-state index in [4.69, 9.17) is 9.47 Å². The van der Waals surface area contributed by atoms with E-state index in [-0.39, 0.29) is 25.2 Å². The van der Waals surface area contributed by atoms with Crippen LogP contribution in [0.4, 0.5) is 0 Å². The molecule has 0 spiro atoms. The average Bonchev–Trinajstić information content (AvgIpc) is 3.10. The van der Waals surface area contributed by atoms with Crippen LogP contribution in [-0.4, -0.2) is 36.4 Å². The summed E-state index contributed by atoms with van der Waals surface area (Å²) in [6, 6.07) is 0. The van der Waals surface area contributed by atoms with Crippen molar-refractivity contribution in [3.8, 4) is 0 Å². The van der Waals surface area contributed by atoms with Gasteiger partial charge in [-0.25, -0.2) is 0 Å². The van der Waals surface area contributed by atoms with Gasteiger partial charge in [0, 0.05) is 12.8 Å². The van der Waals surface area contributed by atoms with E-state index in [9.17, 15) is 14.7 Å². The highest BCUT2D eigenvalue weighted by Gasteiger charge is 2.16. The minimum absolute atomic E-state index is 0.0644. The van der Waals surface area contributed by atoms with E-state index in [1.54, 1.807) is 0 Å². The summed E-state index contributed by atoms with van der Waals surface area (Å²) in [7, 11) is 0. The molecule has 0 aromatic rings. The molecule has 0 fully saturated rings. The maximum atomic E-state index is 12.2. The number of unbranched alkanes of at least 4 members (excludes halogenated alkanes) is 27. The highest BCUT2D eigenvalue weighted by Crippen LogP contribution is 2.15. The predicted molar refractivity (Wildman–Crippen MR) is 210 cm³/mol. The first-order valence-corrected chi connectivity index (χ1v) is 21.4. The molecule has 49 heavy (non-hydrogen) atoms. The van der Waals surface area contributed by atoms with Crippen molar-refractivity contribution in [1.29, 1.82) is 0 Å². The zero-order chi connectivity index (χ0) is 35.7. The van der Waals surface area contributed by atoms with Crippen LogP contribution in [0.15, 0.2) is 24.3 Å². The van der Waals surface area contributed by atoms with Crippen molar-refractivity contribution in [1.82, 2.24) is 0 Å². The molecule has 0 aromatic heterocycles. The zero-order valence-electron chi connectivity index (χ0n) is 32.7. The van der Waals surface area contributed by atoms with Gasteiger partial charge < -0.3 is 14.6 Å². The maximum absolute atomic E-state index is 12.2. The molecule has 5 nitrogen and oxygen atoms in total. The number of esters is 2. The fourth-order valence-corrected chi connectivity index (χ4v) is 6.23. The van der Waals surface area contributed by atoms with Crippen LogP contribution in [0.1, 0.15) is 226 Å². The maximum Gasteiger partial charge on any atom is 0.306 e. The van der Waals surface area contributed by atoms with Crippen LogP contribution in [0.2, 0.25) is 0 Å². The molecule has 0 saturated heterocycles. The van der Waals surface area contributed by atoms with Gasteiger partial charge in [0.15, 0.2) is 6.10 Å². The standard InChI is InChI=1S/C44H82O5/c1-3-5-7-9-11-13-15-17-19-21-23-25-27-29-31-33-35-37-39-44(47)49-42(40-45)41-48-43(46)38-36-34-32-30-28-26-24-22-20-18-16-14-12-10-8-6-4-2/h13,15,19,21,42,45H,3-12,14,16-18,20,22-41H2,1-2H3/b15-13-,21-19-. The Morgan fingerprint density at radius 1 is 0.469 bits per heavy atom. The molecular weight excluding hydrogens is 608 g/mol. The molecule has 0 amide bonds. The van der Waals surface area contributed by atoms with Crippen molar-refractivity contribution < 1.29 is 24.2 Å². The summed E-state index contributed by atoms with van der Waals surface area (Å²) in [5.74, 6) is -0.589. The molecule has 0 aliphatic heterocycles. The van der Waals surface area contributed by atoms with Gasteiger partial charge in [-0.05, 0) is 44.9 Å². The number of allylic oxidation sites excluding steroid dienone is 4. The van der Waals surface area contributed by atoms with Crippen LogP contribution in [0, 0.1) is 0 Å². The molecule has 0 rings (SSSR count). The fraction of sp³-hybridized carbons (Fsp3) is 0.864. The van der Waals surface area contributed by atoms with E-state index in [0.29, 0.717) is 12.8 Å². The van der Waals surface area contributed by atoms with E-state index >= 15 is 0 Å². The molecule has 0 radical (unpaired) electrons.